The molecule has 9 nitrogen and oxygen atoms in total. The highest BCUT2D eigenvalue weighted by Crippen LogP contribution is 2.43. The number of phosphoric acid groups is 1. The second-order valence-corrected chi connectivity index (χ2v) is 17.8. The van der Waals surface area contributed by atoms with Gasteiger partial charge in [-0.2, -0.15) is 0 Å². The lowest BCUT2D eigenvalue weighted by Crippen LogP contribution is -2.37. The molecule has 328 valence electrons. The Morgan fingerprint density at radius 2 is 1.20 bits per heavy atom. The van der Waals surface area contributed by atoms with Crippen LogP contribution in [0.1, 0.15) is 181 Å². The summed E-state index contributed by atoms with van der Waals surface area (Å²) in [6.45, 7) is 4.71. The third-order valence-corrected chi connectivity index (χ3v) is 10.5. The van der Waals surface area contributed by atoms with Crippen LogP contribution in [0.15, 0.2) is 48.8 Å². The molecule has 0 aromatic heterocycles. The molecule has 0 spiro atoms. The van der Waals surface area contributed by atoms with Crippen LogP contribution in [0.2, 0.25) is 0 Å². The second-order valence-electron chi connectivity index (χ2n) is 16.3. The normalized spacial score (nSPS) is 14.7. The van der Waals surface area contributed by atoms with E-state index in [2.05, 4.69) is 32.1 Å². The van der Waals surface area contributed by atoms with Crippen LogP contribution in [-0.4, -0.2) is 80.2 Å². The van der Waals surface area contributed by atoms with Crippen molar-refractivity contribution >= 4 is 13.8 Å². The molecule has 0 amide bonds. The van der Waals surface area contributed by atoms with Crippen molar-refractivity contribution in [3.8, 4) is 0 Å². The summed E-state index contributed by atoms with van der Waals surface area (Å²) in [4.78, 5) is 22.9. The van der Waals surface area contributed by atoms with E-state index in [0.29, 0.717) is 23.9 Å². The van der Waals surface area contributed by atoms with Crippen molar-refractivity contribution in [2.45, 2.75) is 193 Å². The highest BCUT2D eigenvalue weighted by Gasteiger charge is 2.26. The minimum Gasteiger partial charge on any atom is -0.498 e. The molecule has 0 rings (SSSR count). The van der Waals surface area contributed by atoms with Crippen LogP contribution in [0.25, 0.3) is 0 Å². The summed E-state index contributed by atoms with van der Waals surface area (Å²) in [5.41, 5.74) is 0. The van der Waals surface area contributed by atoms with E-state index >= 15 is 0 Å². The van der Waals surface area contributed by atoms with Gasteiger partial charge in [-0.05, 0) is 51.0 Å². The fraction of sp³-hybridized carbons (Fsp3) is 0.804. The van der Waals surface area contributed by atoms with E-state index in [9.17, 15) is 19.4 Å². The Balaban J connectivity index is 4.47. The van der Waals surface area contributed by atoms with Crippen molar-refractivity contribution in [1.82, 2.24) is 0 Å². The number of allylic oxidation sites excluding steroid dienone is 6. The Labute approximate surface area is 344 Å². The Kier molecular flexibility index (Phi) is 37.6. The monoisotopic (exact) mass is 813 g/mol. The molecule has 0 aromatic rings. The van der Waals surface area contributed by atoms with Gasteiger partial charge in [-0.25, -0.2) is 4.57 Å². The maximum Gasteiger partial charge on any atom is 0.472 e. The summed E-state index contributed by atoms with van der Waals surface area (Å²) < 4.78 is 34.6. The molecular weight excluding hydrogens is 725 g/mol. The van der Waals surface area contributed by atoms with Crippen molar-refractivity contribution < 1.29 is 42.4 Å². The average Bonchev–Trinajstić information content (AvgIpc) is 3.14. The van der Waals surface area contributed by atoms with Crippen molar-refractivity contribution in [2.75, 3.05) is 47.5 Å². The number of aliphatic hydroxyl groups excluding tert-OH is 1. The molecule has 0 bridgehead atoms. The molecule has 0 aliphatic heterocycles. The zero-order valence-electron chi connectivity index (χ0n) is 36.7. The van der Waals surface area contributed by atoms with Gasteiger partial charge in [0.15, 0.2) is 6.10 Å². The number of carbonyl (C=O) groups is 1. The molecule has 0 aliphatic carbocycles. The van der Waals surface area contributed by atoms with E-state index in [1.807, 2.05) is 39.4 Å². The second kappa shape index (κ2) is 38.8. The first kappa shape index (κ1) is 54.3. The molecule has 0 saturated heterocycles. The standard InChI is InChI=1S/C46H86NO8P/c1-6-8-10-12-14-16-18-20-21-22-24-26-28-30-32-34-40-52-42-45(43-54-56(50,51)53-41-39-47(3,4)5)55-46(49)38-35-37-44(48)36-33-31-29-27-25-23-19-17-15-13-11-9-7-2/h23,25,29,31,33-34,36,40,44-45,48H,6-22,24,26-28,30,32,35,37-39,41-43H2,1-5H3/p+1/b25-23+,31-29+,36-33+,40-34+/t44?,45-/m1/s1. The number of carbonyl (C=O) groups excluding carboxylic acids is 1. The van der Waals surface area contributed by atoms with Crippen LogP contribution in [-0.2, 0) is 27.9 Å². The fourth-order valence-electron chi connectivity index (χ4n) is 6.00. The lowest BCUT2D eigenvalue weighted by Gasteiger charge is -2.24. The molecule has 0 fully saturated rings. The van der Waals surface area contributed by atoms with Gasteiger partial charge in [-0.3, -0.25) is 13.8 Å². The summed E-state index contributed by atoms with van der Waals surface area (Å²) in [6.07, 6.45) is 44.1. The van der Waals surface area contributed by atoms with Gasteiger partial charge in [0.25, 0.3) is 0 Å². The quantitative estimate of drug-likeness (QED) is 0.0119. The predicted octanol–water partition coefficient (Wildman–Crippen LogP) is 12.5. The number of nitrogens with zero attached hydrogens (tertiary/aromatic N) is 1. The summed E-state index contributed by atoms with van der Waals surface area (Å²) >= 11 is 0. The number of phosphoric ester groups is 1. The molecule has 0 aromatic carbocycles. The number of esters is 1. The minimum absolute atomic E-state index is 0.0220. The Bertz CT molecular complexity index is 1050. The Hall–Kier alpha value is -1.74. The van der Waals surface area contributed by atoms with Crippen LogP contribution in [0.3, 0.4) is 0 Å². The van der Waals surface area contributed by atoms with Gasteiger partial charge in [0.1, 0.15) is 19.8 Å². The zero-order valence-corrected chi connectivity index (χ0v) is 37.6. The summed E-state index contributed by atoms with van der Waals surface area (Å²) in [7, 11) is 1.52. The van der Waals surface area contributed by atoms with Gasteiger partial charge in [0.2, 0.25) is 0 Å². The lowest BCUT2D eigenvalue weighted by atomic mass is 10.0. The topological polar surface area (TPSA) is 112 Å². The van der Waals surface area contributed by atoms with Crippen LogP contribution in [0, 0.1) is 0 Å². The predicted molar refractivity (Wildman–Crippen MR) is 234 cm³/mol. The van der Waals surface area contributed by atoms with Crippen molar-refractivity contribution in [3.05, 3.63) is 48.8 Å². The SMILES string of the molecule is CCCCCCCC/C=C/C/C=C/C=C/C(O)CCCC(=O)O[C@H](CO/C=C/CCCCCCCCCCCCCCCC)COP(=O)(O)OCC[N+](C)(C)C. The summed E-state index contributed by atoms with van der Waals surface area (Å²) in [6, 6.07) is 0. The first-order valence-electron chi connectivity index (χ1n) is 22.5. The Morgan fingerprint density at radius 3 is 1.75 bits per heavy atom. The molecule has 56 heavy (non-hydrogen) atoms. The van der Waals surface area contributed by atoms with E-state index < -0.39 is 26.0 Å². The average molecular weight is 813 g/mol. The molecule has 2 N–H and O–H groups in total. The summed E-state index contributed by atoms with van der Waals surface area (Å²) in [5.74, 6) is -0.490. The highest BCUT2D eigenvalue weighted by atomic mass is 31.2. The van der Waals surface area contributed by atoms with Crippen LogP contribution in [0.4, 0.5) is 0 Å². The van der Waals surface area contributed by atoms with Crippen molar-refractivity contribution in [3.63, 3.8) is 0 Å². The van der Waals surface area contributed by atoms with Gasteiger partial charge in [-0.1, -0.05) is 166 Å². The van der Waals surface area contributed by atoms with E-state index in [0.717, 1.165) is 25.7 Å². The first-order chi connectivity index (χ1) is 27.0. The molecule has 2 unspecified atom stereocenters. The number of unbranched alkanes of at least 4 members (excludes halogenated alkanes) is 20. The molecule has 0 radical (unpaired) electrons. The molecule has 0 aliphatic rings. The van der Waals surface area contributed by atoms with E-state index in [1.54, 1.807) is 12.3 Å². The van der Waals surface area contributed by atoms with Gasteiger partial charge in [0.05, 0.1) is 40.1 Å². The van der Waals surface area contributed by atoms with Gasteiger partial charge < -0.3 is 24.0 Å². The number of ether oxygens (including phenoxy) is 2. The Morgan fingerprint density at radius 1 is 0.661 bits per heavy atom. The smallest absolute Gasteiger partial charge is 0.472 e. The number of hydrogen-bond acceptors (Lipinski definition) is 7. The van der Waals surface area contributed by atoms with Gasteiger partial charge >= 0.3 is 13.8 Å². The number of likely N-dealkylation sites (N-methyl/N-ethyl adjacent to an activating group) is 1. The van der Waals surface area contributed by atoms with Crippen molar-refractivity contribution in [1.29, 1.82) is 0 Å². The van der Waals surface area contributed by atoms with E-state index in [-0.39, 0.29) is 26.2 Å². The first-order valence-corrected chi connectivity index (χ1v) is 24.0. The maximum atomic E-state index is 12.7. The maximum absolute atomic E-state index is 12.7. The molecule has 0 heterocycles. The van der Waals surface area contributed by atoms with Crippen molar-refractivity contribution in [2.24, 2.45) is 0 Å². The number of hydrogen-bond donors (Lipinski definition) is 2. The largest absolute Gasteiger partial charge is 0.498 e. The van der Waals surface area contributed by atoms with Crippen LogP contribution < -0.4 is 0 Å². The number of rotatable bonds is 41. The highest BCUT2D eigenvalue weighted by molar-refractivity contribution is 7.47. The molecular formula is C46H87NO8P+. The minimum atomic E-state index is -4.34. The zero-order chi connectivity index (χ0) is 41.4. The third-order valence-electron chi connectivity index (χ3n) is 9.56. The van der Waals surface area contributed by atoms with Crippen LogP contribution in [0.5, 0.6) is 0 Å². The van der Waals surface area contributed by atoms with E-state index in [4.69, 9.17) is 18.5 Å². The summed E-state index contributed by atoms with van der Waals surface area (Å²) in [5, 5.41) is 10.3. The number of quaternary nitrogens is 1. The number of aliphatic hydroxyl groups is 1. The molecule has 10 heteroatoms. The third kappa shape index (κ3) is 41.9. The van der Waals surface area contributed by atoms with E-state index in [1.165, 1.54) is 122 Å². The fourth-order valence-corrected chi connectivity index (χ4v) is 6.74. The van der Waals surface area contributed by atoms with Gasteiger partial charge in [-0.15, -0.1) is 0 Å². The van der Waals surface area contributed by atoms with Crippen LogP contribution >= 0.6 is 7.82 Å². The van der Waals surface area contributed by atoms with Gasteiger partial charge in [0, 0.05) is 6.42 Å². The molecule has 3 atom stereocenters. The molecule has 0 saturated carbocycles. The lowest BCUT2D eigenvalue weighted by molar-refractivity contribution is -0.870.